The zero-order chi connectivity index (χ0) is 13.6. The van der Waals surface area contributed by atoms with E-state index in [2.05, 4.69) is 17.3 Å². The third kappa shape index (κ3) is 3.93. The van der Waals surface area contributed by atoms with E-state index in [9.17, 15) is 4.79 Å². The molecule has 1 fully saturated rings. The van der Waals surface area contributed by atoms with Crippen LogP contribution in [0.4, 0.5) is 0 Å². The van der Waals surface area contributed by atoms with E-state index in [0.717, 1.165) is 26.1 Å². The lowest BCUT2D eigenvalue weighted by molar-refractivity contribution is -0.151. The van der Waals surface area contributed by atoms with Crippen molar-refractivity contribution in [3.63, 3.8) is 0 Å². The van der Waals surface area contributed by atoms with E-state index in [4.69, 9.17) is 9.47 Å². The molecule has 1 heterocycles. The van der Waals surface area contributed by atoms with Gasteiger partial charge in [0.25, 0.3) is 0 Å². The first-order valence-electron chi connectivity index (χ1n) is 6.67. The fraction of sp³-hybridized carbons (Fsp3) is 0.923. The number of ether oxygens (including phenoxy) is 2. The number of hydrogen-bond donors (Lipinski definition) is 1. The van der Waals surface area contributed by atoms with E-state index in [-0.39, 0.29) is 5.97 Å². The van der Waals surface area contributed by atoms with Crippen LogP contribution in [0.15, 0.2) is 0 Å². The van der Waals surface area contributed by atoms with Crippen LogP contribution in [-0.2, 0) is 14.3 Å². The molecule has 1 atom stereocenters. The SMILES string of the molecule is CCOC(=O)C(C)(CN(C)C1CCOCC1)NC. The van der Waals surface area contributed by atoms with E-state index in [1.54, 1.807) is 7.05 Å². The van der Waals surface area contributed by atoms with E-state index in [1.807, 2.05) is 13.8 Å². The van der Waals surface area contributed by atoms with Gasteiger partial charge in [-0.1, -0.05) is 0 Å². The highest BCUT2D eigenvalue weighted by atomic mass is 16.5. The Morgan fingerprint density at radius 3 is 2.61 bits per heavy atom. The van der Waals surface area contributed by atoms with Crippen LogP contribution in [0.2, 0.25) is 0 Å². The van der Waals surface area contributed by atoms with Crippen LogP contribution in [-0.4, -0.2) is 62.9 Å². The molecule has 0 amide bonds. The lowest BCUT2D eigenvalue weighted by Crippen LogP contribution is -2.57. The van der Waals surface area contributed by atoms with Crippen molar-refractivity contribution in [1.82, 2.24) is 10.2 Å². The molecule has 0 aliphatic carbocycles. The van der Waals surface area contributed by atoms with Crippen LogP contribution < -0.4 is 5.32 Å². The van der Waals surface area contributed by atoms with E-state index in [0.29, 0.717) is 19.2 Å². The molecule has 0 bridgehead atoms. The van der Waals surface area contributed by atoms with Crippen molar-refractivity contribution in [1.29, 1.82) is 0 Å². The lowest BCUT2D eigenvalue weighted by atomic mass is 9.99. The fourth-order valence-electron chi connectivity index (χ4n) is 2.29. The van der Waals surface area contributed by atoms with Gasteiger partial charge in [0.05, 0.1) is 6.61 Å². The molecule has 0 aromatic carbocycles. The molecule has 5 nitrogen and oxygen atoms in total. The largest absolute Gasteiger partial charge is 0.465 e. The molecule has 0 aromatic heterocycles. The molecule has 18 heavy (non-hydrogen) atoms. The Kier molecular flexibility index (Phi) is 6.05. The van der Waals surface area contributed by atoms with Crippen LogP contribution >= 0.6 is 0 Å². The van der Waals surface area contributed by atoms with Gasteiger partial charge in [0.15, 0.2) is 0 Å². The summed E-state index contributed by atoms with van der Waals surface area (Å²) in [4.78, 5) is 14.2. The molecule has 106 valence electrons. The van der Waals surface area contributed by atoms with E-state index in [1.165, 1.54) is 0 Å². The Balaban J connectivity index is 2.57. The van der Waals surface area contributed by atoms with Crippen LogP contribution in [0.5, 0.6) is 0 Å². The highest BCUT2D eigenvalue weighted by molar-refractivity contribution is 5.80. The van der Waals surface area contributed by atoms with Gasteiger partial charge in [-0.25, -0.2) is 0 Å². The second-order valence-corrected chi connectivity index (χ2v) is 5.06. The summed E-state index contributed by atoms with van der Waals surface area (Å²) in [6.07, 6.45) is 2.05. The summed E-state index contributed by atoms with van der Waals surface area (Å²) < 4.78 is 10.5. The molecule has 5 heteroatoms. The Morgan fingerprint density at radius 2 is 2.11 bits per heavy atom. The maximum atomic E-state index is 12.0. The number of carbonyl (C=O) groups excluding carboxylic acids is 1. The number of hydrogen-bond acceptors (Lipinski definition) is 5. The predicted octanol–water partition coefficient (Wildman–Crippen LogP) is 0.638. The quantitative estimate of drug-likeness (QED) is 0.709. The van der Waals surface area contributed by atoms with Gasteiger partial charge in [0.2, 0.25) is 0 Å². The minimum atomic E-state index is -0.650. The van der Waals surface area contributed by atoms with Gasteiger partial charge < -0.3 is 19.7 Å². The van der Waals surface area contributed by atoms with Gasteiger partial charge in [0.1, 0.15) is 5.54 Å². The molecule has 0 radical (unpaired) electrons. The first kappa shape index (κ1) is 15.4. The number of likely N-dealkylation sites (N-methyl/N-ethyl adjacent to an activating group) is 2. The van der Waals surface area contributed by atoms with Crippen molar-refractivity contribution >= 4 is 5.97 Å². The van der Waals surface area contributed by atoms with Gasteiger partial charge in [0, 0.05) is 25.8 Å². The normalized spacial score (nSPS) is 20.7. The second kappa shape index (κ2) is 7.07. The molecule has 1 aliphatic heterocycles. The maximum Gasteiger partial charge on any atom is 0.327 e. The zero-order valence-electron chi connectivity index (χ0n) is 12.0. The average molecular weight is 258 g/mol. The number of nitrogens with zero attached hydrogens (tertiary/aromatic N) is 1. The first-order valence-corrected chi connectivity index (χ1v) is 6.67. The van der Waals surface area contributed by atoms with Crippen LogP contribution in [0.1, 0.15) is 26.7 Å². The Morgan fingerprint density at radius 1 is 1.50 bits per heavy atom. The number of nitrogens with one attached hydrogen (secondary N) is 1. The molecule has 1 N–H and O–H groups in total. The van der Waals surface area contributed by atoms with Crippen molar-refractivity contribution in [2.45, 2.75) is 38.3 Å². The summed E-state index contributed by atoms with van der Waals surface area (Å²) in [7, 11) is 3.86. The van der Waals surface area contributed by atoms with Crippen molar-refractivity contribution in [2.75, 3.05) is 40.5 Å². The summed E-state index contributed by atoms with van der Waals surface area (Å²) in [5, 5.41) is 3.09. The minimum absolute atomic E-state index is 0.189. The van der Waals surface area contributed by atoms with E-state index < -0.39 is 5.54 Å². The third-order valence-corrected chi connectivity index (χ3v) is 3.66. The standard InChI is InChI=1S/C13H26N2O3/c1-5-18-12(16)13(2,14-3)10-15(4)11-6-8-17-9-7-11/h11,14H,5-10H2,1-4H3. The molecular formula is C13H26N2O3. The maximum absolute atomic E-state index is 12.0. The summed E-state index contributed by atoms with van der Waals surface area (Å²) in [5.74, 6) is -0.189. The van der Waals surface area contributed by atoms with Gasteiger partial charge in [-0.15, -0.1) is 0 Å². The monoisotopic (exact) mass is 258 g/mol. The molecule has 1 rings (SSSR count). The van der Waals surface area contributed by atoms with Crippen LogP contribution in [0.25, 0.3) is 0 Å². The Hall–Kier alpha value is -0.650. The highest BCUT2D eigenvalue weighted by Crippen LogP contribution is 2.16. The molecule has 1 aliphatic rings. The van der Waals surface area contributed by atoms with Crippen molar-refractivity contribution in [2.24, 2.45) is 0 Å². The number of carbonyl (C=O) groups is 1. The molecule has 1 unspecified atom stereocenters. The van der Waals surface area contributed by atoms with Crippen LogP contribution in [0.3, 0.4) is 0 Å². The highest BCUT2D eigenvalue weighted by Gasteiger charge is 2.36. The second-order valence-electron chi connectivity index (χ2n) is 5.06. The summed E-state index contributed by atoms with van der Waals surface area (Å²) >= 11 is 0. The minimum Gasteiger partial charge on any atom is -0.465 e. The molecule has 0 saturated carbocycles. The van der Waals surface area contributed by atoms with Gasteiger partial charge in [-0.2, -0.15) is 0 Å². The Labute approximate surface area is 110 Å². The van der Waals surface area contributed by atoms with E-state index >= 15 is 0 Å². The predicted molar refractivity (Wildman–Crippen MR) is 70.6 cm³/mol. The van der Waals surface area contributed by atoms with Crippen LogP contribution in [0, 0.1) is 0 Å². The van der Waals surface area contributed by atoms with Gasteiger partial charge in [-0.05, 0) is 40.8 Å². The van der Waals surface area contributed by atoms with Crippen molar-refractivity contribution < 1.29 is 14.3 Å². The topological polar surface area (TPSA) is 50.8 Å². The third-order valence-electron chi connectivity index (χ3n) is 3.66. The lowest BCUT2D eigenvalue weighted by Gasteiger charge is -2.37. The van der Waals surface area contributed by atoms with Crippen molar-refractivity contribution in [3.05, 3.63) is 0 Å². The molecule has 1 saturated heterocycles. The fourth-order valence-corrected chi connectivity index (χ4v) is 2.29. The summed E-state index contributed by atoms with van der Waals surface area (Å²) in [6.45, 7) is 6.40. The average Bonchev–Trinajstić information content (AvgIpc) is 2.39. The first-order chi connectivity index (χ1) is 8.53. The summed E-state index contributed by atoms with van der Waals surface area (Å²) in [6, 6.07) is 0.487. The zero-order valence-corrected chi connectivity index (χ0v) is 12.0. The Bertz CT molecular complexity index is 267. The van der Waals surface area contributed by atoms with Gasteiger partial charge >= 0.3 is 5.97 Å². The smallest absolute Gasteiger partial charge is 0.327 e. The van der Waals surface area contributed by atoms with Gasteiger partial charge in [-0.3, -0.25) is 4.79 Å². The number of esters is 1. The van der Waals surface area contributed by atoms with Crippen molar-refractivity contribution in [3.8, 4) is 0 Å². The number of rotatable bonds is 6. The molecule has 0 spiro atoms. The summed E-state index contributed by atoms with van der Waals surface area (Å²) in [5.41, 5.74) is -0.650. The molecule has 0 aromatic rings. The molecular weight excluding hydrogens is 232 g/mol.